The van der Waals surface area contributed by atoms with Crippen molar-refractivity contribution in [3.05, 3.63) is 184 Å². The summed E-state index contributed by atoms with van der Waals surface area (Å²) in [6.07, 6.45) is 4.17. The Morgan fingerprint density at radius 1 is 0.667 bits per heavy atom. The maximum absolute atomic E-state index is 5.10. The standard InChI is InChI=1S/C48H41N5.Pt/c1-30-32(3)52-29-37(27-41(46(52)50-30)44-28-35(24-25-49-44)47(5,6)7)48(42-22-13-11-20-39(42)40-21-12-14-23-43(40)48)36-18-15-19-38(26-36)53-33(4)45(31(2)51-53)34-16-9-8-10-17-34;/h8-25,28-29H,1-7H3;/q-2;+2. The van der Waals surface area contributed by atoms with Crippen molar-refractivity contribution in [2.45, 2.75) is 59.3 Å². The fourth-order valence-corrected chi connectivity index (χ4v) is 8.38. The van der Waals surface area contributed by atoms with Crippen LogP contribution in [0.3, 0.4) is 0 Å². The van der Waals surface area contributed by atoms with Crippen molar-refractivity contribution in [1.82, 2.24) is 24.1 Å². The summed E-state index contributed by atoms with van der Waals surface area (Å²) in [5.74, 6) is 0. The van der Waals surface area contributed by atoms with Crippen LogP contribution in [0.25, 0.3) is 44.8 Å². The smallest absolute Gasteiger partial charge is 0.385 e. The van der Waals surface area contributed by atoms with Gasteiger partial charge in [0, 0.05) is 34.3 Å². The van der Waals surface area contributed by atoms with Gasteiger partial charge in [0.1, 0.15) is 0 Å². The number of hydrogen-bond acceptors (Lipinski definition) is 3. The third kappa shape index (κ3) is 5.35. The molecule has 0 bridgehead atoms. The molecule has 8 aromatic rings. The van der Waals surface area contributed by atoms with Gasteiger partial charge in [-0.3, -0.25) is 9.67 Å². The second kappa shape index (κ2) is 13.2. The molecule has 0 unspecified atom stereocenters. The molecule has 0 spiro atoms. The average Bonchev–Trinajstić information content (AvgIpc) is 3.76. The van der Waals surface area contributed by atoms with Crippen LogP contribution in [0.1, 0.15) is 71.4 Å². The van der Waals surface area contributed by atoms with Gasteiger partial charge >= 0.3 is 21.1 Å². The number of benzene rings is 4. The number of nitrogens with zero attached hydrogens (tertiary/aromatic N) is 5. The first-order valence-corrected chi connectivity index (χ1v) is 18.3. The summed E-state index contributed by atoms with van der Waals surface area (Å²) in [5, 5.41) is 5.10. The Morgan fingerprint density at radius 2 is 1.33 bits per heavy atom. The zero-order valence-corrected chi connectivity index (χ0v) is 33.9. The fourth-order valence-electron chi connectivity index (χ4n) is 8.38. The Kier molecular flexibility index (Phi) is 8.70. The second-order valence-electron chi connectivity index (χ2n) is 15.3. The van der Waals surface area contributed by atoms with Gasteiger partial charge in [-0.2, -0.15) is 23.3 Å². The maximum Gasteiger partial charge on any atom is 2.00 e. The third-order valence-corrected chi connectivity index (χ3v) is 11.1. The summed E-state index contributed by atoms with van der Waals surface area (Å²) < 4.78 is 4.29. The van der Waals surface area contributed by atoms with Crippen LogP contribution in [0.15, 0.2) is 122 Å². The maximum atomic E-state index is 5.10. The van der Waals surface area contributed by atoms with Crippen molar-refractivity contribution in [2.24, 2.45) is 0 Å². The first-order chi connectivity index (χ1) is 25.6. The molecular formula is C48H41N5Pt. The fraction of sp³-hybridized carbons (Fsp3) is 0.188. The molecule has 4 aromatic heterocycles. The van der Waals surface area contributed by atoms with Gasteiger partial charge in [-0.1, -0.05) is 123 Å². The number of aromatic nitrogens is 5. The molecule has 5 nitrogen and oxygen atoms in total. The number of rotatable bonds is 5. The Labute approximate surface area is 332 Å². The topological polar surface area (TPSA) is 48.0 Å². The molecule has 0 amide bonds. The van der Waals surface area contributed by atoms with E-state index in [1.54, 1.807) is 0 Å². The van der Waals surface area contributed by atoms with Crippen LogP contribution in [0, 0.1) is 39.8 Å². The summed E-state index contributed by atoms with van der Waals surface area (Å²) >= 11 is 0. The molecule has 0 N–H and O–H groups in total. The predicted octanol–water partition coefficient (Wildman–Crippen LogP) is 10.7. The number of hydrogen-bond donors (Lipinski definition) is 0. The van der Waals surface area contributed by atoms with Crippen LogP contribution in [-0.2, 0) is 31.9 Å². The van der Waals surface area contributed by atoms with E-state index in [2.05, 4.69) is 180 Å². The van der Waals surface area contributed by atoms with Gasteiger partial charge < -0.3 is 9.38 Å². The molecule has 6 heteroatoms. The molecule has 0 aliphatic heterocycles. The SMILES string of the molecule is Cc1nn(-c2[c-]c(C3(c4[c-]c(-c5cc(C(C)(C)C)ccn5)c5nc(C)c(C)n5c4)c4ccccc4-c4ccccc43)ccc2)c(C)c1-c1ccccc1.[Pt+2]. The molecule has 0 saturated heterocycles. The van der Waals surface area contributed by atoms with E-state index in [-0.39, 0.29) is 26.5 Å². The third-order valence-electron chi connectivity index (χ3n) is 11.1. The van der Waals surface area contributed by atoms with Crippen molar-refractivity contribution < 1.29 is 21.1 Å². The number of aryl methyl sites for hydroxylation is 3. The molecule has 1 aliphatic rings. The molecule has 268 valence electrons. The Hall–Kier alpha value is -5.38. The van der Waals surface area contributed by atoms with Crippen LogP contribution in [0.5, 0.6) is 0 Å². The van der Waals surface area contributed by atoms with E-state index in [0.29, 0.717) is 0 Å². The van der Waals surface area contributed by atoms with Crippen molar-refractivity contribution in [1.29, 1.82) is 0 Å². The molecule has 0 atom stereocenters. The van der Waals surface area contributed by atoms with Crippen molar-refractivity contribution in [2.75, 3.05) is 0 Å². The number of fused-ring (bicyclic) bond motifs is 4. The Morgan fingerprint density at radius 3 is 2.02 bits per heavy atom. The van der Waals surface area contributed by atoms with Crippen LogP contribution in [0.4, 0.5) is 0 Å². The summed E-state index contributed by atoms with van der Waals surface area (Å²) in [7, 11) is 0. The summed E-state index contributed by atoms with van der Waals surface area (Å²) in [4.78, 5) is 10.1. The van der Waals surface area contributed by atoms with E-state index in [9.17, 15) is 0 Å². The minimum absolute atomic E-state index is 0. The van der Waals surface area contributed by atoms with Gasteiger partial charge in [0.2, 0.25) is 0 Å². The molecule has 1 aliphatic carbocycles. The Balaban J connectivity index is 0.00000413. The first kappa shape index (κ1) is 35.6. The van der Waals surface area contributed by atoms with Crippen LogP contribution in [-0.4, -0.2) is 24.1 Å². The molecule has 4 heterocycles. The zero-order valence-electron chi connectivity index (χ0n) is 31.6. The monoisotopic (exact) mass is 882 g/mol. The van der Waals surface area contributed by atoms with Gasteiger partial charge in [-0.15, -0.1) is 17.7 Å². The summed E-state index contributed by atoms with van der Waals surface area (Å²) in [5.41, 5.74) is 17.2. The molecule has 54 heavy (non-hydrogen) atoms. The van der Waals surface area contributed by atoms with Crippen LogP contribution < -0.4 is 0 Å². The number of pyridine rings is 2. The van der Waals surface area contributed by atoms with E-state index in [1.165, 1.54) is 27.8 Å². The number of imidazole rings is 1. The van der Waals surface area contributed by atoms with E-state index >= 15 is 0 Å². The van der Waals surface area contributed by atoms with E-state index < -0.39 is 5.41 Å². The normalized spacial score (nSPS) is 13.1. The van der Waals surface area contributed by atoms with E-state index in [1.807, 2.05) is 10.9 Å². The largest absolute Gasteiger partial charge is 2.00 e. The molecule has 0 fully saturated rings. The average molecular weight is 883 g/mol. The first-order valence-electron chi connectivity index (χ1n) is 18.3. The summed E-state index contributed by atoms with van der Waals surface area (Å²) in [6, 6.07) is 46.9. The molecule has 0 radical (unpaired) electrons. The van der Waals surface area contributed by atoms with Gasteiger partial charge in [-0.05, 0) is 83.9 Å². The Bertz CT molecular complexity index is 2670. The van der Waals surface area contributed by atoms with Gasteiger partial charge in [0.05, 0.1) is 11.3 Å². The van der Waals surface area contributed by atoms with Crippen molar-refractivity contribution in [3.8, 4) is 39.2 Å². The molecule has 9 rings (SSSR count). The van der Waals surface area contributed by atoms with E-state index in [4.69, 9.17) is 15.1 Å². The van der Waals surface area contributed by atoms with Gasteiger partial charge in [0.15, 0.2) is 0 Å². The molecular weight excluding hydrogens is 842 g/mol. The quantitative estimate of drug-likeness (QED) is 0.162. The van der Waals surface area contributed by atoms with Crippen LogP contribution in [0.2, 0.25) is 0 Å². The predicted molar refractivity (Wildman–Crippen MR) is 214 cm³/mol. The summed E-state index contributed by atoms with van der Waals surface area (Å²) in [6.45, 7) is 15.2. The van der Waals surface area contributed by atoms with E-state index in [0.717, 1.165) is 67.6 Å². The minimum atomic E-state index is -0.753. The molecule has 4 aromatic carbocycles. The minimum Gasteiger partial charge on any atom is -0.385 e. The second-order valence-corrected chi connectivity index (χ2v) is 15.3. The van der Waals surface area contributed by atoms with Gasteiger partial charge in [0.25, 0.3) is 0 Å². The van der Waals surface area contributed by atoms with Crippen molar-refractivity contribution >= 4 is 5.65 Å². The molecule has 0 saturated carbocycles. The van der Waals surface area contributed by atoms with Crippen LogP contribution >= 0.6 is 0 Å². The van der Waals surface area contributed by atoms with Gasteiger partial charge in [-0.25, -0.2) is 0 Å². The van der Waals surface area contributed by atoms with Crippen molar-refractivity contribution in [3.63, 3.8) is 0 Å². The zero-order chi connectivity index (χ0) is 36.6.